The monoisotopic (exact) mass is 1090 g/mol. The van der Waals surface area contributed by atoms with Crippen LogP contribution in [-0.4, -0.2) is 134 Å². The van der Waals surface area contributed by atoms with E-state index in [2.05, 4.69) is 30.5 Å². The molecule has 0 bridgehead atoms. The Kier molecular flexibility index (Phi) is 17.8. The zero-order valence-corrected chi connectivity index (χ0v) is 46.0. The maximum atomic E-state index is 15.0. The number of sulfone groups is 1. The number of nitrogens with one attached hydrogen (secondary N) is 2. The van der Waals surface area contributed by atoms with Gasteiger partial charge in [-0.3, -0.25) is 9.59 Å². The highest BCUT2D eigenvalue weighted by atomic mass is 32.2. The fourth-order valence-electron chi connectivity index (χ4n) is 9.02. The van der Waals surface area contributed by atoms with E-state index in [0.29, 0.717) is 82.6 Å². The zero-order valence-electron chi connectivity index (χ0n) is 45.1. The summed E-state index contributed by atoms with van der Waals surface area (Å²) in [6, 6.07) is 15.3. The van der Waals surface area contributed by atoms with E-state index in [-0.39, 0.29) is 47.8 Å². The minimum atomic E-state index is -4.01. The summed E-state index contributed by atoms with van der Waals surface area (Å²) in [7, 11) is 1.80. The molecule has 412 valence electrons. The van der Waals surface area contributed by atoms with Gasteiger partial charge in [-0.2, -0.15) is 9.97 Å². The summed E-state index contributed by atoms with van der Waals surface area (Å²) in [5.41, 5.74) is 3.59. The van der Waals surface area contributed by atoms with E-state index < -0.39 is 61.7 Å². The number of carbonyl (C=O) groups is 4. The maximum Gasteiger partial charge on any atom is 0.328 e. The minimum absolute atomic E-state index is 0.0500. The Balaban J connectivity index is 0.000000227. The van der Waals surface area contributed by atoms with Crippen LogP contribution in [-0.2, 0) is 22.9 Å². The standard InChI is InChI=1S/C30H37F2N7O2.C25H25F2N5O4S/c1-7-38(8-2)28(40)20-14-13-19(3)21(17-20)25-22-18-33-30(41)39(26-23(31)11-9-12-24(26)32)27(22)35-29(34-25)37(6)16-10-15-36(4)5;1-5-31(6-2)23(33)15-11-10-14(3)16(12-15)20-17-13-28-25(34)32(21-18(26)8-7-9-19(21)27)22(17)30-24(29-20)37(4,35)36/h9,11-14,17H,7-8,10,15-16,18H2,1-6H3,(H,33,41);7-12H,5-6,13H2,1-4H3,(H,28,34). The lowest BCUT2D eigenvalue weighted by Crippen LogP contribution is -2.43. The lowest BCUT2D eigenvalue weighted by atomic mass is 9.97. The molecule has 0 radical (unpaired) electrons. The second-order valence-corrected chi connectivity index (χ2v) is 20.7. The summed E-state index contributed by atoms with van der Waals surface area (Å²) in [4.78, 5) is 79.1. The van der Waals surface area contributed by atoms with Gasteiger partial charge in [0.1, 0.15) is 34.6 Å². The number of halogens is 4. The lowest BCUT2D eigenvalue weighted by molar-refractivity contribution is 0.0765. The van der Waals surface area contributed by atoms with Gasteiger partial charge in [0.15, 0.2) is 11.6 Å². The molecule has 18 nitrogen and oxygen atoms in total. The second kappa shape index (κ2) is 24.1. The van der Waals surface area contributed by atoms with Gasteiger partial charge in [0, 0.05) is 79.4 Å². The molecule has 23 heteroatoms. The SMILES string of the molecule is CCN(CC)C(=O)c1ccc(C)c(-c2nc(N(C)CCCN(C)C)nc3c2CNC(=O)N3c2c(F)cccc2F)c1.CCN(CC)C(=O)c1ccc(C)c(-c2nc(S(C)(=O)=O)nc3c2CNC(=O)N3c2c(F)cccc2F)c1. The molecule has 0 unspecified atom stereocenters. The van der Waals surface area contributed by atoms with Crippen LogP contribution >= 0.6 is 0 Å². The van der Waals surface area contributed by atoms with E-state index in [0.717, 1.165) is 60.0 Å². The van der Waals surface area contributed by atoms with Crippen LogP contribution in [0.15, 0.2) is 78.0 Å². The van der Waals surface area contributed by atoms with Gasteiger partial charge in [0.05, 0.1) is 24.5 Å². The highest BCUT2D eigenvalue weighted by Gasteiger charge is 2.37. The number of benzene rings is 4. The molecule has 4 heterocycles. The largest absolute Gasteiger partial charge is 0.344 e. The molecule has 0 saturated heterocycles. The molecule has 6 amide bonds. The quantitative estimate of drug-likeness (QED) is 0.0691. The Bertz CT molecular complexity index is 3370. The number of aromatic nitrogens is 4. The topological polar surface area (TPSA) is 197 Å². The molecule has 0 aliphatic carbocycles. The van der Waals surface area contributed by atoms with Crippen LogP contribution < -0.4 is 25.3 Å². The number of hydrogen-bond acceptors (Lipinski definition) is 12. The number of amides is 6. The first-order valence-electron chi connectivity index (χ1n) is 25.3. The maximum absolute atomic E-state index is 15.0. The molecular weight excluding hydrogens is 1030 g/mol. The molecule has 2 N–H and O–H groups in total. The molecule has 0 saturated carbocycles. The smallest absolute Gasteiger partial charge is 0.328 e. The summed E-state index contributed by atoms with van der Waals surface area (Å²) in [5.74, 6) is -4.05. The Morgan fingerprint density at radius 3 is 1.41 bits per heavy atom. The number of urea groups is 2. The third-order valence-corrected chi connectivity index (χ3v) is 14.1. The molecule has 0 spiro atoms. The zero-order chi connectivity index (χ0) is 56.9. The molecular formula is C55H62F4N12O6S. The van der Waals surface area contributed by atoms with Crippen molar-refractivity contribution in [3.63, 3.8) is 0 Å². The normalized spacial score (nSPS) is 13.0. The average molecular weight is 1100 g/mol. The van der Waals surface area contributed by atoms with Crippen molar-refractivity contribution in [3.05, 3.63) is 129 Å². The Morgan fingerprint density at radius 1 is 0.603 bits per heavy atom. The van der Waals surface area contributed by atoms with E-state index >= 15 is 8.78 Å². The third kappa shape index (κ3) is 11.9. The number of carbonyl (C=O) groups excluding carboxylic acids is 4. The summed E-state index contributed by atoms with van der Waals surface area (Å²) in [6.45, 7) is 14.7. The number of rotatable bonds is 16. The van der Waals surface area contributed by atoms with Crippen molar-refractivity contribution in [2.45, 2.75) is 66.2 Å². The number of anilines is 5. The van der Waals surface area contributed by atoms with Crippen molar-refractivity contribution < 1.29 is 45.2 Å². The highest BCUT2D eigenvalue weighted by Crippen LogP contribution is 2.41. The van der Waals surface area contributed by atoms with Crippen molar-refractivity contribution in [2.75, 3.05) is 81.4 Å². The van der Waals surface area contributed by atoms with Crippen molar-refractivity contribution in [1.29, 1.82) is 0 Å². The average Bonchev–Trinajstić information content (AvgIpc) is 3.46. The van der Waals surface area contributed by atoms with E-state index in [1.165, 1.54) is 6.07 Å². The van der Waals surface area contributed by atoms with Crippen LogP contribution in [0.3, 0.4) is 0 Å². The van der Waals surface area contributed by atoms with Gasteiger partial charge in [0.2, 0.25) is 20.9 Å². The van der Waals surface area contributed by atoms with Crippen LogP contribution in [0.1, 0.15) is 77.1 Å². The summed E-state index contributed by atoms with van der Waals surface area (Å²) in [5, 5.41) is 4.64. The molecule has 0 atom stereocenters. The predicted molar refractivity (Wildman–Crippen MR) is 290 cm³/mol. The first kappa shape index (κ1) is 57.7. The molecule has 8 rings (SSSR count). The molecule has 0 fully saturated rings. The predicted octanol–water partition coefficient (Wildman–Crippen LogP) is 8.94. The number of para-hydroxylation sites is 2. The van der Waals surface area contributed by atoms with E-state index in [1.807, 2.05) is 66.7 Å². The van der Waals surface area contributed by atoms with E-state index in [9.17, 15) is 36.4 Å². The summed E-state index contributed by atoms with van der Waals surface area (Å²) >= 11 is 0. The van der Waals surface area contributed by atoms with Gasteiger partial charge in [-0.1, -0.05) is 24.3 Å². The van der Waals surface area contributed by atoms with E-state index in [4.69, 9.17) is 4.98 Å². The van der Waals surface area contributed by atoms with Crippen LogP contribution in [0.25, 0.3) is 22.5 Å². The number of aryl methyl sites for hydroxylation is 2. The van der Waals surface area contributed by atoms with Gasteiger partial charge >= 0.3 is 12.1 Å². The summed E-state index contributed by atoms with van der Waals surface area (Å²) < 4.78 is 84.6. The number of nitrogens with zero attached hydrogens (tertiary/aromatic N) is 10. The van der Waals surface area contributed by atoms with Gasteiger partial charge in [-0.25, -0.2) is 55.3 Å². The van der Waals surface area contributed by atoms with Crippen molar-refractivity contribution in [1.82, 2.24) is 45.3 Å². The molecule has 2 aromatic heterocycles. The third-order valence-electron chi connectivity index (χ3n) is 13.3. The Morgan fingerprint density at radius 2 is 1.01 bits per heavy atom. The number of fused-ring (bicyclic) bond motifs is 2. The van der Waals surface area contributed by atoms with Crippen LogP contribution in [0.4, 0.5) is 56.1 Å². The van der Waals surface area contributed by atoms with Crippen LogP contribution in [0.5, 0.6) is 0 Å². The Hall–Kier alpha value is -8.05. The lowest BCUT2D eigenvalue weighted by Gasteiger charge is -2.32. The second-order valence-electron chi connectivity index (χ2n) is 18.8. The van der Waals surface area contributed by atoms with Gasteiger partial charge in [-0.05, 0) is 128 Å². The van der Waals surface area contributed by atoms with Crippen LogP contribution in [0.2, 0.25) is 0 Å². The van der Waals surface area contributed by atoms with Crippen molar-refractivity contribution in [3.8, 4) is 22.5 Å². The van der Waals surface area contributed by atoms with Crippen molar-refractivity contribution in [2.24, 2.45) is 0 Å². The fourth-order valence-corrected chi connectivity index (χ4v) is 9.53. The van der Waals surface area contributed by atoms with Gasteiger partial charge in [0.25, 0.3) is 11.8 Å². The summed E-state index contributed by atoms with van der Waals surface area (Å²) in [6.07, 6.45) is 1.71. The molecule has 6 aromatic rings. The first-order valence-corrected chi connectivity index (χ1v) is 27.2. The van der Waals surface area contributed by atoms with Crippen LogP contribution in [0, 0.1) is 37.1 Å². The molecule has 78 heavy (non-hydrogen) atoms. The molecule has 4 aromatic carbocycles. The van der Waals surface area contributed by atoms with E-state index in [1.54, 1.807) is 47.1 Å². The number of hydrogen-bond donors (Lipinski definition) is 2. The first-order chi connectivity index (χ1) is 37.0. The van der Waals surface area contributed by atoms with Gasteiger partial charge < -0.3 is 30.2 Å². The highest BCUT2D eigenvalue weighted by molar-refractivity contribution is 7.90. The molecule has 2 aliphatic rings. The molecule has 2 aliphatic heterocycles. The van der Waals surface area contributed by atoms with Gasteiger partial charge in [-0.15, -0.1) is 0 Å². The fraction of sp³-hybridized carbons (Fsp3) is 0.345. The van der Waals surface area contributed by atoms with Crippen molar-refractivity contribution >= 4 is 62.7 Å². The minimum Gasteiger partial charge on any atom is -0.344 e. The Labute approximate surface area is 451 Å².